The number of aromatic nitrogens is 2. The number of rotatable bonds is 7. The Balaban J connectivity index is 1.56. The summed E-state index contributed by atoms with van der Waals surface area (Å²) in [6.45, 7) is 2.93. The van der Waals surface area contributed by atoms with Crippen LogP contribution >= 0.6 is 0 Å². The average molecular weight is 464 g/mol. The first-order chi connectivity index (χ1) is 17.0. The highest BCUT2D eigenvalue weighted by Crippen LogP contribution is 2.41. The Kier molecular flexibility index (Phi) is 5.79. The van der Waals surface area contributed by atoms with Crippen LogP contribution in [0.5, 0.6) is 0 Å². The van der Waals surface area contributed by atoms with E-state index in [4.69, 9.17) is 0 Å². The Bertz CT molecular complexity index is 1430. The molecule has 7 nitrogen and oxygen atoms in total. The van der Waals surface area contributed by atoms with Crippen LogP contribution in [0.3, 0.4) is 0 Å². The summed E-state index contributed by atoms with van der Waals surface area (Å²) in [7, 11) is 0. The maximum absolute atomic E-state index is 14.0. The van der Waals surface area contributed by atoms with E-state index in [0.717, 1.165) is 16.3 Å². The lowest BCUT2D eigenvalue weighted by Crippen LogP contribution is -2.44. The summed E-state index contributed by atoms with van der Waals surface area (Å²) in [6.07, 6.45) is 5.90. The summed E-state index contributed by atoms with van der Waals surface area (Å²) in [6, 6.07) is 22.8. The molecule has 0 aliphatic carbocycles. The quantitative estimate of drug-likeness (QED) is 0.373. The van der Waals surface area contributed by atoms with E-state index in [2.05, 4.69) is 11.1 Å². The second-order valence-corrected chi connectivity index (χ2v) is 8.85. The van der Waals surface area contributed by atoms with Gasteiger partial charge >= 0.3 is 6.03 Å². The minimum atomic E-state index is -1.21. The van der Waals surface area contributed by atoms with Gasteiger partial charge in [0.25, 0.3) is 5.91 Å². The number of aryl methyl sites for hydroxylation is 1. The molecule has 0 radical (unpaired) electrons. The third kappa shape index (κ3) is 3.83. The molecule has 1 unspecified atom stereocenters. The first-order valence-corrected chi connectivity index (χ1v) is 11.6. The van der Waals surface area contributed by atoms with Crippen molar-refractivity contribution < 1.29 is 9.59 Å². The molecular weight excluding hydrogens is 438 g/mol. The van der Waals surface area contributed by atoms with Crippen LogP contribution in [0.4, 0.5) is 4.79 Å². The van der Waals surface area contributed by atoms with Crippen molar-refractivity contribution in [2.75, 3.05) is 6.54 Å². The number of fused-ring (bicyclic) bond motifs is 1. The van der Waals surface area contributed by atoms with Gasteiger partial charge < -0.3 is 9.47 Å². The lowest BCUT2D eigenvalue weighted by Gasteiger charge is -2.33. The fourth-order valence-corrected chi connectivity index (χ4v) is 4.90. The summed E-state index contributed by atoms with van der Waals surface area (Å²) in [5.41, 5.74) is 0.769. The highest BCUT2D eigenvalue weighted by molar-refractivity contribution is 6.09. The maximum Gasteiger partial charge on any atom is 0.328 e. The summed E-state index contributed by atoms with van der Waals surface area (Å²) in [5, 5.41) is 11.5. The first kappa shape index (κ1) is 22.4. The predicted molar refractivity (Wildman–Crippen MR) is 132 cm³/mol. The van der Waals surface area contributed by atoms with E-state index in [9.17, 15) is 14.9 Å². The van der Waals surface area contributed by atoms with Gasteiger partial charge in [0, 0.05) is 25.5 Å². The molecule has 1 aliphatic rings. The molecule has 3 aromatic carbocycles. The van der Waals surface area contributed by atoms with E-state index in [1.807, 2.05) is 72.3 Å². The van der Waals surface area contributed by atoms with Gasteiger partial charge in [0.2, 0.25) is 0 Å². The van der Waals surface area contributed by atoms with Crippen LogP contribution in [0.15, 0.2) is 85.5 Å². The van der Waals surface area contributed by atoms with E-state index in [1.54, 1.807) is 29.6 Å². The van der Waals surface area contributed by atoms with Gasteiger partial charge in [-0.1, -0.05) is 60.7 Å². The SMILES string of the molecule is CC1(c2cccc3ccccc23)C(=O)N(CCCn2ccnc2)C(=O)N1Cc1ccccc1C#N. The third-order valence-electron chi connectivity index (χ3n) is 6.80. The number of urea groups is 1. The topological polar surface area (TPSA) is 82.2 Å². The molecule has 0 N–H and O–H groups in total. The van der Waals surface area contributed by atoms with Gasteiger partial charge in [-0.3, -0.25) is 9.69 Å². The molecule has 1 fully saturated rings. The molecule has 1 aromatic heterocycles. The number of hydrogen-bond acceptors (Lipinski definition) is 4. The van der Waals surface area contributed by atoms with Crippen LogP contribution in [-0.4, -0.2) is 37.8 Å². The molecule has 1 saturated heterocycles. The minimum absolute atomic E-state index is 0.159. The number of nitriles is 1. The smallest absolute Gasteiger partial charge is 0.328 e. The first-order valence-electron chi connectivity index (χ1n) is 11.6. The predicted octanol–water partition coefficient (Wildman–Crippen LogP) is 4.68. The van der Waals surface area contributed by atoms with E-state index >= 15 is 0 Å². The average Bonchev–Trinajstić information content (AvgIpc) is 3.47. The number of nitrogens with zero attached hydrogens (tertiary/aromatic N) is 5. The molecule has 1 atom stereocenters. The Hall–Kier alpha value is -4.44. The number of carbonyl (C=O) groups is 2. The Morgan fingerprint density at radius 3 is 2.54 bits per heavy atom. The van der Waals surface area contributed by atoms with E-state index in [1.165, 1.54) is 4.90 Å². The fourth-order valence-electron chi connectivity index (χ4n) is 4.90. The van der Waals surface area contributed by atoms with Crippen LogP contribution in [-0.2, 0) is 23.4 Å². The molecule has 0 spiro atoms. The van der Waals surface area contributed by atoms with Crippen molar-refractivity contribution in [2.45, 2.75) is 32.0 Å². The van der Waals surface area contributed by atoms with Gasteiger partial charge in [-0.15, -0.1) is 0 Å². The van der Waals surface area contributed by atoms with Gasteiger partial charge in [-0.25, -0.2) is 9.78 Å². The molecule has 2 heterocycles. The Morgan fingerprint density at radius 1 is 0.971 bits per heavy atom. The molecular formula is C28H25N5O2. The van der Waals surface area contributed by atoms with Crippen LogP contribution < -0.4 is 0 Å². The molecule has 174 valence electrons. The minimum Gasteiger partial charge on any atom is -0.337 e. The molecule has 3 amide bonds. The van der Waals surface area contributed by atoms with Crippen molar-refractivity contribution in [1.82, 2.24) is 19.4 Å². The second kappa shape index (κ2) is 9.07. The summed E-state index contributed by atoms with van der Waals surface area (Å²) in [5.74, 6) is -0.251. The van der Waals surface area contributed by atoms with Crippen LogP contribution in [0.1, 0.15) is 30.0 Å². The number of imide groups is 1. The number of amides is 3. The molecule has 0 bridgehead atoms. The Morgan fingerprint density at radius 2 is 1.74 bits per heavy atom. The van der Waals surface area contributed by atoms with E-state index < -0.39 is 5.54 Å². The van der Waals surface area contributed by atoms with Crippen molar-refractivity contribution in [3.63, 3.8) is 0 Å². The lowest BCUT2D eigenvalue weighted by molar-refractivity contribution is -0.133. The summed E-state index contributed by atoms with van der Waals surface area (Å²) < 4.78 is 1.93. The zero-order valence-corrected chi connectivity index (χ0v) is 19.5. The van der Waals surface area contributed by atoms with Crippen molar-refractivity contribution in [3.05, 3.63) is 102 Å². The molecule has 1 aliphatic heterocycles. The van der Waals surface area contributed by atoms with E-state index in [0.29, 0.717) is 30.6 Å². The van der Waals surface area contributed by atoms with Crippen molar-refractivity contribution in [3.8, 4) is 6.07 Å². The van der Waals surface area contributed by atoms with Crippen molar-refractivity contribution in [2.24, 2.45) is 0 Å². The zero-order chi connectivity index (χ0) is 24.4. The monoisotopic (exact) mass is 463 g/mol. The van der Waals surface area contributed by atoms with Crippen LogP contribution in [0.25, 0.3) is 10.8 Å². The Labute approximate surface area is 203 Å². The number of benzene rings is 3. The second-order valence-electron chi connectivity index (χ2n) is 8.85. The molecule has 0 saturated carbocycles. The van der Waals surface area contributed by atoms with E-state index in [-0.39, 0.29) is 18.5 Å². The largest absolute Gasteiger partial charge is 0.337 e. The molecule has 5 rings (SSSR count). The van der Waals surface area contributed by atoms with Gasteiger partial charge in [-0.05, 0) is 41.3 Å². The summed E-state index contributed by atoms with van der Waals surface area (Å²) in [4.78, 5) is 34.8. The van der Waals surface area contributed by atoms with Gasteiger partial charge in [0.15, 0.2) is 0 Å². The number of carbonyl (C=O) groups excluding carboxylic acids is 2. The van der Waals surface area contributed by atoms with Gasteiger partial charge in [-0.2, -0.15) is 5.26 Å². The number of imidazole rings is 1. The van der Waals surface area contributed by atoms with Gasteiger partial charge in [0.1, 0.15) is 5.54 Å². The van der Waals surface area contributed by atoms with Gasteiger partial charge in [0.05, 0.1) is 24.5 Å². The highest BCUT2D eigenvalue weighted by atomic mass is 16.2. The lowest BCUT2D eigenvalue weighted by atomic mass is 9.86. The third-order valence-corrected chi connectivity index (χ3v) is 6.80. The van der Waals surface area contributed by atoms with Crippen LogP contribution in [0, 0.1) is 11.3 Å². The van der Waals surface area contributed by atoms with Crippen LogP contribution in [0.2, 0.25) is 0 Å². The van der Waals surface area contributed by atoms with Crippen molar-refractivity contribution in [1.29, 1.82) is 5.26 Å². The maximum atomic E-state index is 14.0. The normalized spacial score (nSPS) is 17.8. The molecule has 35 heavy (non-hydrogen) atoms. The number of hydrogen-bond donors (Lipinski definition) is 0. The summed E-state index contributed by atoms with van der Waals surface area (Å²) >= 11 is 0. The highest BCUT2D eigenvalue weighted by Gasteiger charge is 2.55. The molecule has 4 aromatic rings. The molecule has 7 heteroatoms. The fraction of sp³-hybridized carbons (Fsp3) is 0.214. The zero-order valence-electron chi connectivity index (χ0n) is 19.5. The standard InChI is InChI=1S/C28H25N5O2/c1-28(25-13-6-11-21-8-4-5-12-24(21)25)26(34)32(16-7-15-31-17-14-30-20-31)27(35)33(28)19-23-10-3-2-9-22(23)18-29/h2-6,8-14,17,20H,7,15-16,19H2,1H3. The van der Waals surface area contributed by atoms with Crippen molar-refractivity contribution >= 4 is 22.7 Å².